The van der Waals surface area contributed by atoms with Gasteiger partial charge in [0.2, 0.25) is 0 Å². The number of fused-ring (bicyclic) bond motifs is 2. The minimum atomic E-state index is 0. The van der Waals surface area contributed by atoms with E-state index in [1.54, 1.807) is 10.6 Å². The Hall–Kier alpha value is -0.0299. The summed E-state index contributed by atoms with van der Waals surface area (Å²) < 4.78 is 0. The van der Waals surface area contributed by atoms with Crippen LogP contribution in [0.1, 0.15) is 101 Å². The van der Waals surface area contributed by atoms with E-state index in [0.717, 1.165) is 0 Å². The predicted molar refractivity (Wildman–Crippen MR) is 190 cm³/mol. The van der Waals surface area contributed by atoms with Crippen molar-refractivity contribution in [1.82, 2.24) is 0 Å². The molecular formula is C38H56Cl2HfP2. The van der Waals surface area contributed by atoms with E-state index in [0.29, 0.717) is 0 Å². The maximum atomic E-state index is 2.49. The summed E-state index contributed by atoms with van der Waals surface area (Å²) in [6.45, 7) is 18.2. The van der Waals surface area contributed by atoms with Gasteiger partial charge in [-0.2, -0.15) is 12.1 Å². The van der Waals surface area contributed by atoms with Gasteiger partial charge in [0.25, 0.3) is 0 Å². The third-order valence-corrected chi connectivity index (χ3v) is 13.9. The first-order chi connectivity index (χ1) is 19.3. The summed E-state index contributed by atoms with van der Waals surface area (Å²) in [6.07, 6.45) is 16.5. The van der Waals surface area contributed by atoms with Crippen molar-refractivity contribution in [3.8, 4) is 0 Å². The maximum absolute atomic E-state index is 2.49. The molecule has 0 saturated carbocycles. The van der Waals surface area contributed by atoms with E-state index in [2.05, 4.69) is 104 Å². The third-order valence-electron chi connectivity index (χ3n) is 8.47. The van der Waals surface area contributed by atoms with Crippen LogP contribution in [0.15, 0.2) is 48.5 Å². The van der Waals surface area contributed by atoms with E-state index < -0.39 is 0 Å². The van der Waals surface area contributed by atoms with E-state index in [1.807, 2.05) is 0 Å². The van der Waals surface area contributed by atoms with Crippen molar-refractivity contribution < 1.29 is 50.7 Å². The van der Waals surface area contributed by atoms with Gasteiger partial charge in [-0.05, 0) is 64.2 Å². The van der Waals surface area contributed by atoms with Crippen molar-refractivity contribution >= 4 is 48.0 Å². The number of aryl methyl sites for hydroxylation is 4. The molecule has 0 aliphatic rings. The molecule has 0 N–H and O–H groups in total. The Labute approximate surface area is 298 Å². The first-order valence-corrected chi connectivity index (χ1v) is 19.6. The molecule has 236 valence electrons. The average molecular weight is 824 g/mol. The molecule has 0 saturated heterocycles. The fourth-order valence-corrected chi connectivity index (χ4v) is 11.2. The van der Waals surface area contributed by atoms with Crippen LogP contribution < -0.4 is 35.4 Å². The Morgan fingerprint density at radius 1 is 0.488 bits per heavy atom. The Kier molecular flexibility index (Phi) is 22.5. The van der Waals surface area contributed by atoms with Crippen LogP contribution in [0.25, 0.3) is 21.5 Å². The first kappa shape index (κ1) is 43.0. The van der Waals surface area contributed by atoms with Gasteiger partial charge in [0.05, 0.1) is 0 Å². The second-order valence-electron chi connectivity index (χ2n) is 11.9. The zero-order valence-electron chi connectivity index (χ0n) is 28.3. The van der Waals surface area contributed by atoms with E-state index in [-0.39, 0.29) is 66.5 Å². The van der Waals surface area contributed by atoms with E-state index >= 15 is 0 Å². The van der Waals surface area contributed by atoms with Crippen LogP contribution in [0.5, 0.6) is 0 Å². The summed E-state index contributed by atoms with van der Waals surface area (Å²) in [5.41, 5.74) is 5.71. The summed E-state index contributed by atoms with van der Waals surface area (Å²) >= 11 is 0. The summed E-state index contributed by atoms with van der Waals surface area (Å²) in [4.78, 5) is 0. The first-order valence-electron chi connectivity index (χ1n) is 16.2. The van der Waals surface area contributed by atoms with Gasteiger partial charge in [0, 0.05) is 0 Å². The summed E-state index contributed by atoms with van der Waals surface area (Å²) in [5, 5.41) is 9.24. The Balaban J connectivity index is 0.000000767. The number of halogens is 2. The van der Waals surface area contributed by atoms with E-state index in [4.69, 9.17) is 0 Å². The smallest absolute Gasteiger partial charge is 1.00 e. The average Bonchev–Trinajstić information content (AvgIpc) is 3.61. The molecule has 5 heteroatoms. The molecule has 0 bridgehead atoms. The molecule has 0 aromatic heterocycles. The zero-order valence-corrected chi connectivity index (χ0v) is 35.1. The topological polar surface area (TPSA) is 0 Å². The third kappa shape index (κ3) is 12.3. The number of hydrogen-bond acceptors (Lipinski definition) is 0. The van der Waals surface area contributed by atoms with Gasteiger partial charge in [-0.1, -0.05) is 106 Å². The fourth-order valence-electron chi connectivity index (χ4n) is 5.65. The van der Waals surface area contributed by atoms with Crippen molar-refractivity contribution in [3.63, 3.8) is 0 Å². The normalized spacial score (nSPS) is 10.8. The van der Waals surface area contributed by atoms with Crippen molar-refractivity contribution in [2.75, 3.05) is 24.6 Å². The molecule has 4 aromatic carbocycles. The van der Waals surface area contributed by atoms with Crippen molar-refractivity contribution in [2.24, 2.45) is 0 Å². The van der Waals surface area contributed by atoms with Crippen LogP contribution in [0.2, 0.25) is 0 Å². The molecule has 0 radical (unpaired) electrons. The molecular weight excluding hydrogens is 768 g/mol. The monoisotopic (exact) mass is 824 g/mol. The zero-order chi connectivity index (χ0) is 29.1. The van der Waals surface area contributed by atoms with Crippen molar-refractivity contribution in [1.29, 1.82) is 0 Å². The van der Waals surface area contributed by atoms with Crippen LogP contribution in [-0.2, 0) is 25.8 Å². The minimum absolute atomic E-state index is 0. The van der Waals surface area contributed by atoms with Gasteiger partial charge < -0.3 is 24.8 Å². The number of rotatable bonds is 14. The van der Waals surface area contributed by atoms with Gasteiger partial charge in [0.1, 0.15) is 0 Å². The van der Waals surface area contributed by atoms with Crippen LogP contribution in [0.4, 0.5) is 0 Å². The maximum Gasteiger partial charge on any atom is 4.00 e. The molecule has 43 heavy (non-hydrogen) atoms. The van der Waals surface area contributed by atoms with Gasteiger partial charge in [-0.25, -0.2) is 0 Å². The van der Waals surface area contributed by atoms with Gasteiger partial charge in [-0.3, -0.25) is 0 Å². The Morgan fingerprint density at radius 2 is 0.767 bits per heavy atom. The SMILES string of the molecule is CCCCP(CCCC)c1cc2c(C)ccc(C)c2[cH-]1.CCCCP(CCCC)c1cc2c(C)ccc(C)c2[cH-]1.[Cl-].[Cl-].[Hf+4]. The van der Waals surface area contributed by atoms with Crippen LogP contribution in [0.3, 0.4) is 0 Å². The molecule has 4 aromatic rings. The molecule has 0 nitrogen and oxygen atoms in total. The molecule has 0 heterocycles. The molecule has 0 fully saturated rings. The van der Waals surface area contributed by atoms with Crippen molar-refractivity contribution in [3.05, 3.63) is 70.8 Å². The molecule has 0 unspecified atom stereocenters. The van der Waals surface area contributed by atoms with Crippen molar-refractivity contribution in [2.45, 2.75) is 107 Å². The quantitative estimate of drug-likeness (QED) is 0.0862. The molecule has 0 aliphatic heterocycles. The van der Waals surface area contributed by atoms with Gasteiger partial charge in [0.15, 0.2) is 0 Å². The number of unbranched alkanes of at least 4 members (excludes halogenated alkanes) is 4. The van der Waals surface area contributed by atoms with Gasteiger partial charge in [-0.15, -0.1) is 67.5 Å². The minimum Gasteiger partial charge on any atom is -1.00 e. The predicted octanol–water partition coefficient (Wildman–Crippen LogP) is 5.77. The second kappa shape index (κ2) is 22.5. The molecule has 0 atom stereocenters. The largest absolute Gasteiger partial charge is 4.00 e. The summed E-state index contributed by atoms with van der Waals surface area (Å²) in [6, 6.07) is 19.0. The van der Waals surface area contributed by atoms with Crippen LogP contribution in [-0.4, -0.2) is 24.6 Å². The molecule has 4 rings (SSSR count). The standard InChI is InChI=1S/2C19H28P.2ClH.Hf/c2*1-5-7-11-20(12-8-6-2)17-13-18-15(3)9-10-16(4)19(18)14-17;;;/h2*9-10,13-14H,5-8,11-12H2,1-4H3;2*1H;/q2*-1;;;+4/p-2. The second-order valence-corrected chi connectivity index (χ2v) is 16.8. The Bertz CT molecular complexity index is 1130. The molecule has 0 aliphatic carbocycles. The van der Waals surface area contributed by atoms with E-state index in [1.165, 1.54) is 120 Å². The molecule has 0 spiro atoms. The fraction of sp³-hybridized carbons (Fsp3) is 0.526. The Morgan fingerprint density at radius 3 is 1.02 bits per heavy atom. The van der Waals surface area contributed by atoms with Crippen LogP contribution in [0, 0.1) is 27.7 Å². The number of hydrogen-bond donors (Lipinski definition) is 0. The number of benzene rings is 2. The summed E-state index contributed by atoms with van der Waals surface area (Å²) in [7, 11) is 0.122. The van der Waals surface area contributed by atoms with E-state index in [9.17, 15) is 0 Å². The van der Waals surface area contributed by atoms with Crippen LogP contribution >= 0.6 is 15.8 Å². The summed E-state index contributed by atoms with van der Waals surface area (Å²) in [5.74, 6) is 0. The molecule has 0 amide bonds. The van der Waals surface area contributed by atoms with Gasteiger partial charge >= 0.3 is 25.8 Å².